The minimum atomic E-state index is -0.0155. The van der Waals surface area contributed by atoms with Gasteiger partial charge >= 0.3 is 0 Å². The van der Waals surface area contributed by atoms with Crippen LogP contribution >= 0.6 is 0 Å². The predicted octanol–water partition coefficient (Wildman–Crippen LogP) is 1.14. The molecule has 0 fully saturated rings. The van der Waals surface area contributed by atoms with E-state index < -0.39 is 0 Å². The summed E-state index contributed by atoms with van der Waals surface area (Å²) in [5.74, 6) is 0.579. The van der Waals surface area contributed by atoms with Crippen molar-refractivity contribution in [2.24, 2.45) is 5.73 Å². The van der Waals surface area contributed by atoms with Gasteiger partial charge in [0.15, 0.2) is 0 Å². The zero-order valence-corrected chi connectivity index (χ0v) is 10.4. The molecule has 1 aromatic heterocycles. The smallest absolute Gasteiger partial charge is 0.213 e. The number of methoxy groups -OCH3 is 1. The summed E-state index contributed by atoms with van der Waals surface area (Å²) in [7, 11) is 1.64. The minimum absolute atomic E-state index is 0.0155. The molecule has 17 heavy (non-hydrogen) atoms. The first-order valence-electron chi connectivity index (χ1n) is 5.65. The first kappa shape index (κ1) is 13.9. The Morgan fingerprint density at radius 1 is 1.29 bits per heavy atom. The van der Waals surface area contributed by atoms with E-state index in [1.54, 1.807) is 13.3 Å². The van der Waals surface area contributed by atoms with E-state index in [1.165, 1.54) is 0 Å². The van der Waals surface area contributed by atoms with Gasteiger partial charge in [0.05, 0.1) is 19.8 Å². The maximum absolute atomic E-state index is 5.77. The average molecular weight is 240 g/mol. The van der Waals surface area contributed by atoms with Gasteiger partial charge in [0.25, 0.3) is 0 Å². The second-order valence-corrected chi connectivity index (χ2v) is 3.67. The van der Waals surface area contributed by atoms with E-state index in [-0.39, 0.29) is 6.04 Å². The lowest BCUT2D eigenvalue weighted by atomic mass is 10.1. The van der Waals surface area contributed by atoms with Gasteiger partial charge in [0, 0.05) is 25.4 Å². The molecule has 0 saturated carbocycles. The zero-order chi connectivity index (χ0) is 12.5. The molecule has 1 atom stereocenters. The minimum Gasteiger partial charge on any atom is -0.475 e. The molecule has 0 radical (unpaired) electrons. The Labute approximate surface area is 102 Å². The van der Waals surface area contributed by atoms with Crippen molar-refractivity contribution in [3.05, 3.63) is 23.9 Å². The Bertz CT molecular complexity index is 318. The Morgan fingerprint density at radius 3 is 2.76 bits per heavy atom. The Morgan fingerprint density at radius 2 is 2.06 bits per heavy atom. The number of nitrogens with two attached hydrogens (primary N) is 1. The number of aromatic nitrogens is 1. The third-order valence-corrected chi connectivity index (χ3v) is 2.19. The largest absolute Gasteiger partial charge is 0.475 e. The van der Waals surface area contributed by atoms with Crippen LogP contribution in [0.15, 0.2) is 18.3 Å². The summed E-state index contributed by atoms with van der Waals surface area (Å²) < 4.78 is 15.6. The van der Waals surface area contributed by atoms with E-state index in [9.17, 15) is 0 Å². The molecule has 0 bridgehead atoms. The van der Waals surface area contributed by atoms with E-state index in [1.807, 2.05) is 19.1 Å². The number of nitrogens with zero attached hydrogens (tertiary/aromatic N) is 1. The molecule has 0 unspecified atom stereocenters. The number of rotatable bonds is 8. The number of pyridine rings is 1. The van der Waals surface area contributed by atoms with Gasteiger partial charge in [-0.25, -0.2) is 4.98 Å². The van der Waals surface area contributed by atoms with Crippen molar-refractivity contribution in [2.75, 3.05) is 33.5 Å². The van der Waals surface area contributed by atoms with Crippen molar-refractivity contribution >= 4 is 0 Å². The molecule has 0 saturated heterocycles. The van der Waals surface area contributed by atoms with Crippen LogP contribution in [0.3, 0.4) is 0 Å². The van der Waals surface area contributed by atoms with E-state index in [0.717, 1.165) is 5.56 Å². The number of ether oxygens (including phenoxy) is 3. The zero-order valence-electron chi connectivity index (χ0n) is 10.4. The lowest BCUT2D eigenvalue weighted by Gasteiger charge is -2.09. The summed E-state index contributed by atoms with van der Waals surface area (Å²) in [6.45, 7) is 4.09. The maximum atomic E-state index is 5.77. The fourth-order valence-corrected chi connectivity index (χ4v) is 1.24. The highest BCUT2D eigenvalue weighted by molar-refractivity contribution is 5.22. The van der Waals surface area contributed by atoms with Gasteiger partial charge in [0.2, 0.25) is 5.88 Å². The highest BCUT2D eigenvalue weighted by atomic mass is 16.5. The van der Waals surface area contributed by atoms with Gasteiger partial charge in [-0.15, -0.1) is 0 Å². The summed E-state index contributed by atoms with van der Waals surface area (Å²) >= 11 is 0. The molecule has 1 rings (SSSR count). The first-order chi connectivity index (χ1) is 8.24. The molecular weight excluding hydrogens is 220 g/mol. The maximum Gasteiger partial charge on any atom is 0.213 e. The molecule has 5 heteroatoms. The molecule has 0 aliphatic carbocycles. The van der Waals surface area contributed by atoms with Crippen LogP contribution in [0.5, 0.6) is 5.88 Å². The third kappa shape index (κ3) is 5.63. The molecule has 0 spiro atoms. The predicted molar refractivity (Wildman–Crippen MR) is 65.0 cm³/mol. The van der Waals surface area contributed by atoms with E-state index >= 15 is 0 Å². The molecule has 1 aromatic rings. The van der Waals surface area contributed by atoms with Gasteiger partial charge in [-0.3, -0.25) is 0 Å². The monoisotopic (exact) mass is 240 g/mol. The van der Waals surface area contributed by atoms with Crippen molar-refractivity contribution in [1.29, 1.82) is 0 Å². The number of hydrogen-bond donors (Lipinski definition) is 1. The van der Waals surface area contributed by atoms with Crippen LogP contribution in [0.25, 0.3) is 0 Å². The molecule has 96 valence electrons. The van der Waals surface area contributed by atoms with E-state index in [2.05, 4.69) is 4.98 Å². The summed E-state index contributed by atoms with van der Waals surface area (Å²) in [4.78, 5) is 4.10. The van der Waals surface area contributed by atoms with Crippen molar-refractivity contribution in [2.45, 2.75) is 13.0 Å². The lowest BCUT2D eigenvalue weighted by Crippen LogP contribution is -2.11. The third-order valence-electron chi connectivity index (χ3n) is 2.19. The van der Waals surface area contributed by atoms with Crippen LogP contribution in [0.4, 0.5) is 0 Å². The Balaban J connectivity index is 2.24. The first-order valence-corrected chi connectivity index (χ1v) is 5.65. The standard InChI is InChI=1S/C12H20N2O3/c1-10(13)11-3-4-14-12(9-11)17-8-7-16-6-5-15-2/h3-4,9-10H,5-8,13H2,1-2H3/t10-/m0/s1. The van der Waals surface area contributed by atoms with Crippen LogP contribution in [-0.2, 0) is 9.47 Å². The molecule has 0 aliphatic heterocycles. The molecule has 5 nitrogen and oxygen atoms in total. The van der Waals surface area contributed by atoms with Gasteiger partial charge < -0.3 is 19.9 Å². The van der Waals surface area contributed by atoms with Gasteiger partial charge in [-0.1, -0.05) is 0 Å². The topological polar surface area (TPSA) is 66.6 Å². The summed E-state index contributed by atoms with van der Waals surface area (Å²) in [6, 6.07) is 3.71. The Hall–Kier alpha value is -1.17. The van der Waals surface area contributed by atoms with Crippen LogP contribution in [0.1, 0.15) is 18.5 Å². The molecule has 0 aromatic carbocycles. The molecule has 1 heterocycles. The summed E-state index contributed by atoms with van der Waals surface area (Å²) in [5, 5.41) is 0. The van der Waals surface area contributed by atoms with Crippen molar-refractivity contribution in [3.8, 4) is 5.88 Å². The lowest BCUT2D eigenvalue weighted by molar-refractivity contribution is 0.0536. The number of hydrogen-bond acceptors (Lipinski definition) is 5. The fourth-order valence-electron chi connectivity index (χ4n) is 1.24. The van der Waals surface area contributed by atoms with Crippen LogP contribution in [-0.4, -0.2) is 38.5 Å². The second kappa shape index (κ2) is 8.00. The summed E-state index contributed by atoms with van der Waals surface area (Å²) in [5.41, 5.74) is 6.78. The van der Waals surface area contributed by atoms with Gasteiger partial charge in [-0.05, 0) is 18.6 Å². The van der Waals surface area contributed by atoms with E-state index in [4.69, 9.17) is 19.9 Å². The second-order valence-electron chi connectivity index (χ2n) is 3.67. The highest BCUT2D eigenvalue weighted by Gasteiger charge is 2.02. The van der Waals surface area contributed by atoms with Crippen molar-refractivity contribution in [1.82, 2.24) is 4.98 Å². The van der Waals surface area contributed by atoms with E-state index in [0.29, 0.717) is 32.3 Å². The molecule has 0 aliphatic rings. The summed E-state index contributed by atoms with van der Waals surface area (Å²) in [6.07, 6.45) is 1.69. The normalized spacial score (nSPS) is 12.4. The molecular formula is C12H20N2O3. The molecule has 2 N–H and O–H groups in total. The van der Waals surface area contributed by atoms with Crippen molar-refractivity contribution < 1.29 is 14.2 Å². The fraction of sp³-hybridized carbons (Fsp3) is 0.583. The quantitative estimate of drug-likeness (QED) is 0.690. The highest BCUT2D eigenvalue weighted by Crippen LogP contribution is 2.14. The Kier molecular flexibility index (Phi) is 6.54. The van der Waals surface area contributed by atoms with Crippen LogP contribution < -0.4 is 10.5 Å². The van der Waals surface area contributed by atoms with Crippen molar-refractivity contribution in [3.63, 3.8) is 0 Å². The van der Waals surface area contributed by atoms with Crippen LogP contribution in [0.2, 0.25) is 0 Å². The average Bonchev–Trinajstić information content (AvgIpc) is 2.34. The van der Waals surface area contributed by atoms with Gasteiger partial charge in [-0.2, -0.15) is 0 Å². The molecule has 0 amide bonds. The van der Waals surface area contributed by atoms with Crippen LogP contribution in [0, 0.1) is 0 Å². The van der Waals surface area contributed by atoms with Gasteiger partial charge in [0.1, 0.15) is 6.61 Å². The SMILES string of the molecule is COCCOCCOc1cc([C@H](C)N)ccn1.